The smallest absolute Gasteiger partial charge is 0.126 e. The number of benzene rings is 1. The second-order valence-corrected chi connectivity index (χ2v) is 4.75. The molecule has 0 radical (unpaired) electrons. The van der Waals surface area contributed by atoms with Crippen LogP contribution in [-0.2, 0) is 0 Å². The summed E-state index contributed by atoms with van der Waals surface area (Å²) >= 11 is 6.27. The first-order valence-electron chi connectivity index (χ1n) is 5.92. The first kappa shape index (κ1) is 15.4. The lowest BCUT2D eigenvalue weighted by Crippen LogP contribution is -2.32. The Morgan fingerprint density at radius 2 is 1.89 bits per heavy atom. The molecule has 1 rings (SSSR count). The number of hydrogen-bond acceptors (Lipinski definition) is 3. The third-order valence-corrected chi connectivity index (χ3v) is 3.18. The minimum Gasteiger partial charge on any atom is -0.395 e. The van der Waals surface area contributed by atoms with E-state index in [9.17, 15) is 4.39 Å². The van der Waals surface area contributed by atoms with Crippen LogP contribution in [0.2, 0.25) is 0 Å². The Morgan fingerprint density at radius 1 is 1.28 bits per heavy atom. The highest BCUT2D eigenvalue weighted by Gasteiger charge is 2.14. The summed E-state index contributed by atoms with van der Waals surface area (Å²) in [5.74, 6) is -0.245. The first-order valence-corrected chi connectivity index (χ1v) is 6.36. The van der Waals surface area contributed by atoms with Crippen LogP contribution < -0.4 is 0 Å². The summed E-state index contributed by atoms with van der Waals surface area (Å²) in [7, 11) is 0. The summed E-state index contributed by atoms with van der Waals surface area (Å²) in [6, 6.07) is 4.79. The molecule has 18 heavy (non-hydrogen) atoms. The average molecular weight is 276 g/mol. The van der Waals surface area contributed by atoms with E-state index in [1.54, 1.807) is 19.1 Å². The lowest BCUT2D eigenvalue weighted by Gasteiger charge is -2.23. The van der Waals surface area contributed by atoms with Crippen molar-refractivity contribution < 1.29 is 14.6 Å². The third-order valence-electron chi connectivity index (χ3n) is 2.79. The summed E-state index contributed by atoms with van der Waals surface area (Å²) in [4.78, 5) is 1.87. The van der Waals surface area contributed by atoms with Crippen LogP contribution in [-0.4, -0.2) is 48.0 Å². The second kappa shape index (κ2) is 7.69. The SMILES string of the molecule is Cc1cc(C(Cl)CN(CCO)CCO)ccc1F. The molecule has 0 aliphatic carbocycles. The number of aliphatic hydroxyl groups excluding tert-OH is 2. The minimum atomic E-state index is -0.289. The number of rotatable bonds is 7. The number of aryl methyl sites for hydroxylation is 1. The van der Waals surface area contributed by atoms with Gasteiger partial charge in [0.15, 0.2) is 0 Å². The fraction of sp³-hybridized carbons (Fsp3) is 0.538. The molecule has 0 aromatic heterocycles. The molecule has 0 spiro atoms. The van der Waals surface area contributed by atoms with Crippen molar-refractivity contribution in [1.29, 1.82) is 0 Å². The molecular weight excluding hydrogens is 257 g/mol. The van der Waals surface area contributed by atoms with Crippen molar-refractivity contribution >= 4 is 11.6 Å². The summed E-state index contributed by atoms with van der Waals surface area (Å²) < 4.78 is 13.1. The molecule has 0 saturated carbocycles. The fourth-order valence-corrected chi connectivity index (χ4v) is 2.10. The van der Waals surface area contributed by atoms with Gasteiger partial charge in [-0.25, -0.2) is 4.39 Å². The standard InChI is InChI=1S/C13H19ClFNO2/c1-10-8-11(2-3-13(10)15)12(14)9-16(4-6-17)5-7-18/h2-3,8,12,17-18H,4-7,9H2,1H3. The predicted octanol–water partition coefficient (Wildman–Crippen LogP) is 1.70. The van der Waals surface area contributed by atoms with Crippen molar-refractivity contribution in [3.05, 3.63) is 35.1 Å². The van der Waals surface area contributed by atoms with Gasteiger partial charge in [-0.05, 0) is 24.1 Å². The topological polar surface area (TPSA) is 43.7 Å². The van der Waals surface area contributed by atoms with Crippen LogP contribution in [0.3, 0.4) is 0 Å². The van der Waals surface area contributed by atoms with Gasteiger partial charge in [0.25, 0.3) is 0 Å². The first-order chi connectivity index (χ1) is 8.58. The Kier molecular flexibility index (Phi) is 6.57. The van der Waals surface area contributed by atoms with Crippen molar-refractivity contribution in [2.24, 2.45) is 0 Å². The zero-order valence-electron chi connectivity index (χ0n) is 10.4. The van der Waals surface area contributed by atoms with E-state index in [-0.39, 0.29) is 24.4 Å². The Hall–Kier alpha value is -0.680. The van der Waals surface area contributed by atoms with Crippen molar-refractivity contribution in [2.45, 2.75) is 12.3 Å². The van der Waals surface area contributed by atoms with Gasteiger partial charge in [-0.15, -0.1) is 11.6 Å². The number of aliphatic hydroxyl groups is 2. The quantitative estimate of drug-likeness (QED) is 0.745. The molecule has 0 aliphatic heterocycles. The molecular formula is C13H19ClFNO2. The lowest BCUT2D eigenvalue weighted by atomic mass is 10.1. The molecule has 0 aliphatic rings. The number of nitrogens with zero attached hydrogens (tertiary/aromatic N) is 1. The lowest BCUT2D eigenvalue weighted by molar-refractivity contribution is 0.161. The zero-order chi connectivity index (χ0) is 13.5. The highest BCUT2D eigenvalue weighted by molar-refractivity contribution is 6.21. The zero-order valence-corrected chi connectivity index (χ0v) is 11.2. The van der Waals surface area contributed by atoms with Gasteiger partial charge < -0.3 is 10.2 Å². The number of halogens is 2. The van der Waals surface area contributed by atoms with Gasteiger partial charge in [-0.1, -0.05) is 12.1 Å². The van der Waals surface area contributed by atoms with Crippen molar-refractivity contribution in [1.82, 2.24) is 4.90 Å². The third kappa shape index (κ3) is 4.53. The van der Waals surface area contributed by atoms with E-state index >= 15 is 0 Å². The largest absolute Gasteiger partial charge is 0.395 e. The molecule has 1 atom stereocenters. The van der Waals surface area contributed by atoms with Crippen LogP contribution in [0.1, 0.15) is 16.5 Å². The summed E-state index contributed by atoms with van der Waals surface area (Å²) in [6.07, 6.45) is 0. The molecule has 1 unspecified atom stereocenters. The van der Waals surface area contributed by atoms with E-state index in [1.165, 1.54) is 6.07 Å². The van der Waals surface area contributed by atoms with Gasteiger partial charge in [-0.3, -0.25) is 4.90 Å². The fourth-order valence-electron chi connectivity index (χ4n) is 1.77. The van der Waals surface area contributed by atoms with Crippen molar-refractivity contribution in [3.63, 3.8) is 0 Å². The van der Waals surface area contributed by atoms with Crippen molar-refractivity contribution in [3.8, 4) is 0 Å². The van der Waals surface area contributed by atoms with Crippen LogP contribution in [0.5, 0.6) is 0 Å². The van der Waals surface area contributed by atoms with E-state index in [0.29, 0.717) is 25.2 Å². The van der Waals surface area contributed by atoms with Gasteiger partial charge in [0.2, 0.25) is 0 Å². The van der Waals surface area contributed by atoms with E-state index in [4.69, 9.17) is 21.8 Å². The van der Waals surface area contributed by atoms with Gasteiger partial charge >= 0.3 is 0 Å². The van der Waals surface area contributed by atoms with Gasteiger partial charge in [0.1, 0.15) is 5.82 Å². The van der Waals surface area contributed by atoms with Crippen LogP contribution >= 0.6 is 11.6 Å². The second-order valence-electron chi connectivity index (χ2n) is 4.22. The van der Waals surface area contributed by atoms with Crippen LogP contribution in [0, 0.1) is 12.7 Å². The molecule has 5 heteroatoms. The van der Waals surface area contributed by atoms with Crippen LogP contribution in [0.15, 0.2) is 18.2 Å². The highest BCUT2D eigenvalue weighted by atomic mass is 35.5. The van der Waals surface area contributed by atoms with E-state index < -0.39 is 0 Å². The summed E-state index contributed by atoms with van der Waals surface area (Å²) in [5.41, 5.74) is 1.41. The van der Waals surface area contributed by atoms with Crippen LogP contribution in [0.25, 0.3) is 0 Å². The normalized spacial score (nSPS) is 13.0. The van der Waals surface area contributed by atoms with E-state index in [2.05, 4.69) is 0 Å². The molecule has 0 amide bonds. The molecule has 0 heterocycles. The molecule has 2 N–H and O–H groups in total. The molecule has 3 nitrogen and oxygen atoms in total. The van der Waals surface area contributed by atoms with Gasteiger partial charge in [0, 0.05) is 19.6 Å². The maximum atomic E-state index is 13.1. The molecule has 1 aromatic carbocycles. The maximum absolute atomic E-state index is 13.1. The number of hydrogen-bond donors (Lipinski definition) is 2. The summed E-state index contributed by atoms with van der Waals surface area (Å²) in [6.45, 7) is 3.17. The molecule has 1 aromatic rings. The predicted molar refractivity (Wildman–Crippen MR) is 70.3 cm³/mol. The number of alkyl halides is 1. The maximum Gasteiger partial charge on any atom is 0.126 e. The molecule has 0 bridgehead atoms. The Morgan fingerprint density at radius 3 is 2.39 bits per heavy atom. The Bertz CT molecular complexity index is 370. The van der Waals surface area contributed by atoms with Crippen molar-refractivity contribution in [2.75, 3.05) is 32.8 Å². The van der Waals surface area contributed by atoms with Gasteiger partial charge in [0.05, 0.1) is 18.6 Å². The molecule has 0 saturated heterocycles. The summed E-state index contributed by atoms with van der Waals surface area (Å²) in [5, 5.41) is 17.5. The highest BCUT2D eigenvalue weighted by Crippen LogP contribution is 2.23. The molecule has 102 valence electrons. The Labute approximate surface area is 112 Å². The van der Waals surface area contributed by atoms with E-state index in [1.807, 2.05) is 4.90 Å². The molecule has 0 fully saturated rings. The monoisotopic (exact) mass is 275 g/mol. The minimum absolute atomic E-state index is 0.0199. The average Bonchev–Trinajstić information content (AvgIpc) is 2.33. The van der Waals surface area contributed by atoms with Gasteiger partial charge in [-0.2, -0.15) is 0 Å². The Balaban J connectivity index is 2.67. The van der Waals surface area contributed by atoms with Crippen LogP contribution in [0.4, 0.5) is 4.39 Å². The van der Waals surface area contributed by atoms with E-state index in [0.717, 1.165) is 5.56 Å².